The first-order valence-corrected chi connectivity index (χ1v) is 13.5. The molecule has 194 valence electrons. The molecule has 39 heavy (non-hydrogen) atoms. The maximum Gasteiger partial charge on any atom is 0.224 e. The maximum absolute atomic E-state index is 12.2. The van der Waals surface area contributed by atoms with Crippen LogP contribution in [0.1, 0.15) is 42.8 Å². The van der Waals surface area contributed by atoms with Crippen LogP contribution < -0.4 is 5.32 Å². The van der Waals surface area contributed by atoms with Gasteiger partial charge in [-0.3, -0.25) is 24.7 Å². The molecule has 0 unspecified atom stereocenters. The van der Waals surface area contributed by atoms with E-state index in [1.807, 2.05) is 42.5 Å². The minimum absolute atomic E-state index is 0.0240. The lowest BCUT2D eigenvalue weighted by molar-refractivity contribution is -0.116. The largest absolute Gasteiger partial charge is 0.353 e. The molecule has 6 aromatic rings. The third-order valence-electron chi connectivity index (χ3n) is 6.47. The third-order valence-corrected chi connectivity index (χ3v) is 7.67. The van der Waals surface area contributed by atoms with Gasteiger partial charge in [0.1, 0.15) is 11.2 Å². The van der Waals surface area contributed by atoms with Gasteiger partial charge in [0.2, 0.25) is 5.91 Å². The second-order valence-corrected chi connectivity index (χ2v) is 10.4. The van der Waals surface area contributed by atoms with Gasteiger partial charge in [0, 0.05) is 35.3 Å². The number of carbonyl (C=O) groups is 2. The molecule has 0 aliphatic carbocycles. The van der Waals surface area contributed by atoms with E-state index in [0.29, 0.717) is 28.2 Å². The number of fused-ring (bicyclic) bond motifs is 2. The minimum atomic E-state index is -0.0240. The molecule has 1 amide bonds. The van der Waals surface area contributed by atoms with E-state index in [9.17, 15) is 9.59 Å². The second kappa shape index (κ2) is 10.2. The van der Waals surface area contributed by atoms with E-state index >= 15 is 0 Å². The Morgan fingerprint density at radius 1 is 1.03 bits per heavy atom. The van der Waals surface area contributed by atoms with Crippen LogP contribution in [0.3, 0.4) is 0 Å². The first kappa shape index (κ1) is 24.6. The van der Waals surface area contributed by atoms with Crippen LogP contribution in [0.15, 0.2) is 61.1 Å². The van der Waals surface area contributed by atoms with E-state index in [-0.39, 0.29) is 11.7 Å². The van der Waals surface area contributed by atoms with E-state index in [0.717, 1.165) is 56.8 Å². The maximum atomic E-state index is 12.2. The van der Waals surface area contributed by atoms with Crippen LogP contribution in [0, 0.1) is 0 Å². The zero-order valence-corrected chi connectivity index (χ0v) is 22.2. The number of pyridine rings is 3. The molecular weight excluding hydrogens is 510 g/mol. The number of hydrogen-bond donors (Lipinski definition) is 3. The molecule has 9 nitrogen and oxygen atoms in total. The molecule has 0 aliphatic heterocycles. The third kappa shape index (κ3) is 4.82. The van der Waals surface area contributed by atoms with Gasteiger partial charge >= 0.3 is 0 Å². The SMILES string of the molecule is CCCCC(=O)Nc1cncc(-c2ccc3[nH]nc(-c4cc5c(-c6ccc(C(C)=O)s6)nccc5[nH]4)c3n2)c1. The van der Waals surface area contributed by atoms with E-state index in [4.69, 9.17) is 4.98 Å². The Balaban J connectivity index is 1.36. The standard InChI is InChI=1S/C29H25N7O2S/c1-3-4-5-26(38)32-18-12-17(14-30-15-18)20-6-7-22-28(34-20)29(36-35-22)23-13-19-21(33-23)10-11-31-27(19)25-9-8-24(39-25)16(2)37/h6-15,33H,3-5H2,1-2H3,(H,32,38)(H,35,36). The number of hydrogen-bond acceptors (Lipinski definition) is 7. The van der Waals surface area contributed by atoms with E-state index < -0.39 is 0 Å². The highest BCUT2D eigenvalue weighted by Crippen LogP contribution is 2.35. The molecule has 6 rings (SSSR count). The summed E-state index contributed by atoms with van der Waals surface area (Å²) in [5.41, 5.74) is 6.86. The predicted octanol–water partition coefficient (Wildman–Crippen LogP) is 6.62. The Labute approximate surface area is 227 Å². The van der Waals surface area contributed by atoms with Gasteiger partial charge in [0.25, 0.3) is 0 Å². The Bertz CT molecular complexity index is 1850. The Hall–Kier alpha value is -4.70. The number of rotatable bonds is 8. The number of nitrogens with zero attached hydrogens (tertiary/aromatic N) is 4. The van der Waals surface area contributed by atoms with Crippen molar-refractivity contribution in [1.82, 2.24) is 30.1 Å². The predicted molar refractivity (Wildman–Crippen MR) is 154 cm³/mol. The highest BCUT2D eigenvalue weighted by Gasteiger charge is 2.17. The zero-order valence-electron chi connectivity index (χ0n) is 21.4. The summed E-state index contributed by atoms with van der Waals surface area (Å²) in [6.45, 7) is 3.62. The quantitative estimate of drug-likeness (QED) is 0.188. The van der Waals surface area contributed by atoms with Gasteiger partial charge in [-0.05, 0) is 55.8 Å². The number of aromatic amines is 2. The molecule has 0 aromatic carbocycles. The van der Waals surface area contributed by atoms with Crippen LogP contribution in [0.5, 0.6) is 0 Å². The average Bonchev–Trinajstić information content (AvgIpc) is 3.69. The van der Waals surface area contributed by atoms with Gasteiger partial charge in [-0.25, -0.2) is 4.98 Å². The van der Waals surface area contributed by atoms with Gasteiger partial charge in [0.15, 0.2) is 5.78 Å². The van der Waals surface area contributed by atoms with Crippen molar-refractivity contribution in [3.05, 3.63) is 65.9 Å². The molecule has 0 spiro atoms. The highest BCUT2D eigenvalue weighted by atomic mass is 32.1. The van der Waals surface area contributed by atoms with Crippen molar-refractivity contribution >= 4 is 50.7 Å². The summed E-state index contributed by atoms with van der Waals surface area (Å²) >= 11 is 1.43. The summed E-state index contributed by atoms with van der Waals surface area (Å²) in [6.07, 6.45) is 7.41. The van der Waals surface area contributed by atoms with Crippen molar-refractivity contribution in [2.75, 3.05) is 5.32 Å². The van der Waals surface area contributed by atoms with Crippen LogP contribution in [0.2, 0.25) is 0 Å². The zero-order chi connectivity index (χ0) is 26.9. The topological polar surface area (TPSA) is 129 Å². The molecule has 6 aromatic heterocycles. The van der Waals surface area contributed by atoms with Gasteiger partial charge < -0.3 is 10.3 Å². The smallest absolute Gasteiger partial charge is 0.224 e. The van der Waals surface area contributed by atoms with Crippen molar-refractivity contribution in [3.8, 4) is 33.2 Å². The molecule has 6 heterocycles. The van der Waals surface area contributed by atoms with Gasteiger partial charge in [-0.1, -0.05) is 13.3 Å². The van der Waals surface area contributed by atoms with Crippen LogP contribution >= 0.6 is 11.3 Å². The number of nitrogens with one attached hydrogen (secondary N) is 3. The van der Waals surface area contributed by atoms with E-state index in [2.05, 4.69) is 37.4 Å². The molecule has 0 fully saturated rings. The molecule has 0 bridgehead atoms. The lowest BCUT2D eigenvalue weighted by atomic mass is 10.1. The first-order chi connectivity index (χ1) is 19.0. The number of carbonyl (C=O) groups excluding carboxylic acids is 2. The number of Topliss-reactive ketones (excluding diaryl/α,β-unsaturated/α-hetero) is 1. The van der Waals surface area contributed by atoms with Crippen LogP contribution in [-0.4, -0.2) is 41.8 Å². The number of anilines is 1. The summed E-state index contributed by atoms with van der Waals surface area (Å²) in [6, 6.07) is 13.4. The molecular formula is C29H25N7O2S. The number of unbranched alkanes of at least 4 members (excludes halogenated alkanes) is 1. The fourth-order valence-corrected chi connectivity index (χ4v) is 5.40. The monoisotopic (exact) mass is 535 g/mol. The van der Waals surface area contributed by atoms with E-state index in [1.165, 1.54) is 11.3 Å². The lowest BCUT2D eigenvalue weighted by Gasteiger charge is -2.07. The molecule has 3 N–H and O–H groups in total. The fraction of sp³-hybridized carbons (Fsp3) is 0.172. The average molecular weight is 536 g/mol. The molecule has 0 saturated heterocycles. The summed E-state index contributed by atoms with van der Waals surface area (Å²) < 4.78 is 0. The molecule has 10 heteroatoms. The Morgan fingerprint density at radius 3 is 2.74 bits per heavy atom. The van der Waals surface area contributed by atoms with Crippen molar-refractivity contribution in [2.24, 2.45) is 0 Å². The summed E-state index contributed by atoms with van der Waals surface area (Å²) in [5, 5.41) is 11.5. The molecule has 0 aliphatic rings. The fourth-order valence-electron chi connectivity index (χ4n) is 4.49. The molecule has 0 saturated carbocycles. The Kier molecular flexibility index (Phi) is 6.45. The van der Waals surface area contributed by atoms with Crippen molar-refractivity contribution in [1.29, 1.82) is 0 Å². The first-order valence-electron chi connectivity index (χ1n) is 12.7. The number of thiophene rings is 1. The van der Waals surface area contributed by atoms with Crippen LogP contribution in [-0.2, 0) is 4.79 Å². The highest BCUT2D eigenvalue weighted by molar-refractivity contribution is 7.17. The van der Waals surface area contributed by atoms with Gasteiger partial charge in [-0.2, -0.15) is 5.10 Å². The van der Waals surface area contributed by atoms with E-state index in [1.54, 1.807) is 25.5 Å². The van der Waals surface area contributed by atoms with Crippen LogP contribution in [0.4, 0.5) is 5.69 Å². The summed E-state index contributed by atoms with van der Waals surface area (Å²) in [4.78, 5) is 42.9. The molecule has 0 radical (unpaired) electrons. The minimum Gasteiger partial charge on any atom is -0.353 e. The van der Waals surface area contributed by atoms with Crippen molar-refractivity contribution in [2.45, 2.75) is 33.1 Å². The number of H-pyrrole nitrogens is 2. The normalized spacial score (nSPS) is 11.3. The second-order valence-electron chi connectivity index (χ2n) is 9.30. The van der Waals surface area contributed by atoms with Crippen LogP contribution in [0.25, 0.3) is 55.2 Å². The van der Waals surface area contributed by atoms with Crippen molar-refractivity contribution in [3.63, 3.8) is 0 Å². The van der Waals surface area contributed by atoms with Gasteiger partial charge in [-0.15, -0.1) is 11.3 Å². The summed E-state index contributed by atoms with van der Waals surface area (Å²) in [7, 11) is 0. The molecule has 0 atom stereocenters. The lowest BCUT2D eigenvalue weighted by Crippen LogP contribution is -2.11. The number of amides is 1. The number of ketones is 1. The summed E-state index contributed by atoms with van der Waals surface area (Å²) in [5.74, 6) is 0.0155. The van der Waals surface area contributed by atoms with Gasteiger partial charge in [0.05, 0.1) is 44.2 Å². The van der Waals surface area contributed by atoms with Crippen molar-refractivity contribution < 1.29 is 9.59 Å². The number of aromatic nitrogens is 6. The Morgan fingerprint density at radius 2 is 1.92 bits per heavy atom.